The van der Waals surface area contributed by atoms with Crippen molar-refractivity contribution in [3.05, 3.63) is 54.0 Å². The summed E-state index contributed by atoms with van der Waals surface area (Å²) in [6, 6.07) is 9.88. The highest BCUT2D eigenvalue weighted by Gasteiger charge is 2.34. The molecule has 0 aliphatic rings. The molecule has 7 nitrogen and oxygen atoms in total. The minimum Gasteiger partial charge on any atom is -0.373 e. The summed E-state index contributed by atoms with van der Waals surface area (Å²) < 4.78 is 40.5. The molecule has 0 saturated carbocycles. The Labute approximate surface area is 177 Å². The number of hydrogen-bond acceptors (Lipinski definition) is 6. The molecule has 3 aromatic heterocycles. The third kappa shape index (κ3) is 5.72. The zero-order valence-corrected chi connectivity index (χ0v) is 17.1. The number of hydrogen-bond donors (Lipinski definition) is 3. The van der Waals surface area contributed by atoms with Crippen LogP contribution in [0.15, 0.2) is 42.6 Å². The first-order valence-electron chi connectivity index (χ1n) is 10.0. The number of nitrogens with zero attached hydrogens (tertiary/aromatic N) is 3. The maximum Gasteiger partial charge on any atom is 0.434 e. The van der Waals surface area contributed by atoms with Crippen LogP contribution in [-0.4, -0.2) is 39.8 Å². The summed E-state index contributed by atoms with van der Waals surface area (Å²) in [5.41, 5.74) is 5.25. The lowest BCUT2D eigenvalue weighted by Gasteiger charge is -2.20. The summed E-state index contributed by atoms with van der Waals surface area (Å²) in [4.78, 5) is 20.5. The van der Waals surface area contributed by atoms with Gasteiger partial charge in [0, 0.05) is 25.7 Å². The Morgan fingerprint density at radius 1 is 1.16 bits per heavy atom. The van der Waals surface area contributed by atoms with Crippen molar-refractivity contribution < 1.29 is 18.0 Å². The van der Waals surface area contributed by atoms with Crippen LogP contribution < -0.4 is 16.4 Å². The number of halogens is 3. The number of aromatic nitrogens is 3. The second-order valence-electron chi connectivity index (χ2n) is 7.16. The van der Waals surface area contributed by atoms with E-state index in [9.17, 15) is 18.0 Å². The fourth-order valence-electron chi connectivity index (χ4n) is 3.29. The van der Waals surface area contributed by atoms with E-state index in [4.69, 9.17) is 5.73 Å². The molecule has 166 valence electrons. The van der Waals surface area contributed by atoms with Crippen molar-refractivity contribution in [2.45, 2.75) is 37.9 Å². The predicted molar refractivity (Wildman–Crippen MR) is 113 cm³/mol. The van der Waals surface area contributed by atoms with Crippen LogP contribution in [0.1, 0.15) is 41.9 Å². The van der Waals surface area contributed by atoms with E-state index in [1.807, 2.05) is 0 Å². The van der Waals surface area contributed by atoms with Gasteiger partial charge >= 0.3 is 6.18 Å². The molecule has 10 heteroatoms. The lowest BCUT2D eigenvalue weighted by molar-refractivity contribution is -0.140. The molecule has 0 fully saturated rings. The van der Waals surface area contributed by atoms with Crippen molar-refractivity contribution >= 4 is 23.1 Å². The highest BCUT2D eigenvalue weighted by molar-refractivity contribution is 5.94. The number of nitrogens with one attached hydrogen (secondary N) is 2. The summed E-state index contributed by atoms with van der Waals surface area (Å²) in [6.07, 6.45) is -1.44. The summed E-state index contributed by atoms with van der Waals surface area (Å²) in [7, 11) is 1.73. The average Bonchev–Trinajstić information content (AvgIpc) is 3.21. The first-order valence-corrected chi connectivity index (χ1v) is 10.0. The molecular formula is C21H25F3N6O. The van der Waals surface area contributed by atoms with Gasteiger partial charge in [-0.1, -0.05) is 12.1 Å². The number of carbonyl (C=O) groups excluding carboxylic acids is 1. The van der Waals surface area contributed by atoms with Crippen LogP contribution in [0.2, 0.25) is 0 Å². The number of nitrogens with two attached hydrogens (primary N) is 1. The minimum absolute atomic E-state index is 0.100. The average molecular weight is 434 g/mol. The molecule has 0 aliphatic heterocycles. The SMILES string of the molecule is CNc1cccc(C(=O)CCC(CCCN)Nc2cccc3nc(C(F)(F)F)cn23)n1. The van der Waals surface area contributed by atoms with E-state index >= 15 is 0 Å². The summed E-state index contributed by atoms with van der Waals surface area (Å²) in [5, 5.41) is 6.16. The van der Waals surface area contributed by atoms with Crippen molar-refractivity contribution in [3.8, 4) is 0 Å². The second kappa shape index (κ2) is 9.78. The molecule has 4 N–H and O–H groups in total. The van der Waals surface area contributed by atoms with Gasteiger partial charge in [-0.3, -0.25) is 9.20 Å². The smallest absolute Gasteiger partial charge is 0.373 e. The molecule has 1 unspecified atom stereocenters. The minimum atomic E-state index is -4.52. The van der Waals surface area contributed by atoms with Gasteiger partial charge in [0.25, 0.3) is 0 Å². The molecule has 0 aromatic carbocycles. The predicted octanol–water partition coefficient (Wildman–Crippen LogP) is 3.97. The Balaban J connectivity index is 1.75. The van der Waals surface area contributed by atoms with E-state index in [2.05, 4.69) is 20.6 Å². The van der Waals surface area contributed by atoms with Gasteiger partial charge in [-0.2, -0.15) is 13.2 Å². The van der Waals surface area contributed by atoms with Gasteiger partial charge in [0.15, 0.2) is 11.5 Å². The van der Waals surface area contributed by atoms with E-state index in [0.717, 1.165) is 6.20 Å². The molecule has 3 heterocycles. The van der Waals surface area contributed by atoms with Crippen molar-refractivity contribution in [2.75, 3.05) is 24.2 Å². The number of pyridine rings is 2. The topological polar surface area (TPSA) is 97.3 Å². The van der Waals surface area contributed by atoms with E-state index in [1.165, 1.54) is 10.5 Å². The molecule has 0 spiro atoms. The maximum absolute atomic E-state index is 13.1. The summed E-state index contributed by atoms with van der Waals surface area (Å²) in [6.45, 7) is 0.478. The van der Waals surface area contributed by atoms with Crippen LogP contribution in [0.3, 0.4) is 0 Å². The number of imidazole rings is 1. The van der Waals surface area contributed by atoms with E-state index in [-0.39, 0.29) is 23.9 Å². The van der Waals surface area contributed by atoms with Crippen molar-refractivity contribution in [3.63, 3.8) is 0 Å². The lowest BCUT2D eigenvalue weighted by Crippen LogP contribution is -2.23. The Morgan fingerprint density at radius 3 is 2.65 bits per heavy atom. The fourth-order valence-corrected chi connectivity index (χ4v) is 3.29. The monoisotopic (exact) mass is 434 g/mol. The molecule has 3 aromatic rings. The van der Waals surface area contributed by atoms with Gasteiger partial charge < -0.3 is 16.4 Å². The van der Waals surface area contributed by atoms with Crippen LogP contribution >= 0.6 is 0 Å². The Bertz CT molecular complexity index is 1030. The molecule has 0 amide bonds. The van der Waals surface area contributed by atoms with Gasteiger partial charge in [-0.15, -0.1) is 0 Å². The first-order chi connectivity index (χ1) is 14.8. The van der Waals surface area contributed by atoms with E-state index in [0.29, 0.717) is 43.1 Å². The highest BCUT2D eigenvalue weighted by atomic mass is 19.4. The molecule has 0 bridgehead atoms. The van der Waals surface area contributed by atoms with Gasteiger partial charge in [0.1, 0.15) is 23.0 Å². The van der Waals surface area contributed by atoms with Gasteiger partial charge in [-0.25, -0.2) is 9.97 Å². The quantitative estimate of drug-likeness (QED) is 0.418. The Hall–Kier alpha value is -3.14. The van der Waals surface area contributed by atoms with Crippen molar-refractivity contribution in [1.29, 1.82) is 0 Å². The molecule has 31 heavy (non-hydrogen) atoms. The van der Waals surface area contributed by atoms with Gasteiger partial charge in [-0.05, 0) is 50.1 Å². The number of anilines is 2. The number of rotatable bonds is 10. The molecule has 1 atom stereocenters. The molecule has 3 rings (SSSR count). The highest BCUT2D eigenvalue weighted by Crippen LogP contribution is 2.29. The molecule has 0 saturated heterocycles. The van der Waals surface area contributed by atoms with Crippen LogP contribution in [0.4, 0.5) is 24.8 Å². The molecule has 0 radical (unpaired) electrons. The molecule has 0 aliphatic carbocycles. The van der Waals surface area contributed by atoms with E-state index < -0.39 is 11.9 Å². The zero-order chi connectivity index (χ0) is 22.4. The second-order valence-corrected chi connectivity index (χ2v) is 7.16. The summed E-state index contributed by atoms with van der Waals surface area (Å²) in [5.74, 6) is 0.984. The third-order valence-electron chi connectivity index (χ3n) is 4.90. The fraction of sp³-hybridized carbons (Fsp3) is 0.381. The molecular weight excluding hydrogens is 409 g/mol. The number of Topliss-reactive ketones (excluding diaryl/α,β-unsaturated/α-hetero) is 1. The van der Waals surface area contributed by atoms with Crippen LogP contribution in [0.5, 0.6) is 0 Å². The standard InChI is InChI=1S/C21H25F3N6O/c1-26-18-7-2-6-15(28-18)16(31)11-10-14(5-4-12-25)27-19-8-3-9-20-29-17(13-30(19)20)21(22,23)24/h2-3,6-9,13-14,27H,4-5,10-12,25H2,1H3,(H,26,28). The van der Waals surface area contributed by atoms with Crippen molar-refractivity contribution in [1.82, 2.24) is 14.4 Å². The number of ketones is 1. The van der Waals surface area contributed by atoms with Crippen LogP contribution in [-0.2, 0) is 6.18 Å². The number of fused-ring (bicyclic) bond motifs is 1. The largest absolute Gasteiger partial charge is 0.434 e. The van der Waals surface area contributed by atoms with Crippen molar-refractivity contribution in [2.24, 2.45) is 5.73 Å². The zero-order valence-electron chi connectivity index (χ0n) is 17.1. The van der Waals surface area contributed by atoms with E-state index in [1.54, 1.807) is 37.4 Å². The maximum atomic E-state index is 13.1. The Kier molecular flexibility index (Phi) is 7.11. The lowest BCUT2D eigenvalue weighted by atomic mass is 10.0. The number of carbonyl (C=O) groups is 1. The first kappa shape index (κ1) is 22.5. The number of alkyl halides is 3. The summed E-state index contributed by atoms with van der Waals surface area (Å²) >= 11 is 0. The third-order valence-corrected chi connectivity index (χ3v) is 4.90. The van der Waals surface area contributed by atoms with Gasteiger partial charge in [0.05, 0.1) is 0 Å². The van der Waals surface area contributed by atoms with Crippen LogP contribution in [0, 0.1) is 0 Å². The van der Waals surface area contributed by atoms with Gasteiger partial charge in [0.2, 0.25) is 0 Å². The normalized spacial score (nSPS) is 12.7. The Morgan fingerprint density at radius 2 is 1.94 bits per heavy atom. The van der Waals surface area contributed by atoms with Crippen LogP contribution in [0.25, 0.3) is 5.65 Å².